The summed E-state index contributed by atoms with van der Waals surface area (Å²) in [5.74, 6) is -0.309. The molecule has 0 bridgehead atoms. The predicted molar refractivity (Wildman–Crippen MR) is 104 cm³/mol. The first-order valence-corrected chi connectivity index (χ1v) is 8.90. The standard InChI is InChI=1S/C21H24N4O2/c1-16(18-11-6-3-7-12-18)24-21(27)25-19(20(26)23-14-8-13-22)15-17-9-4-2-5-10-17/h2-7,9-12,16,19H,8,14-15H2,1H3,(H,23,26)(H2,24,25,27). The first-order chi connectivity index (χ1) is 13.1. The maximum Gasteiger partial charge on any atom is 0.315 e. The molecule has 6 heteroatoms. The Morgan fingerprint density at radius 1 is 1.00 bits per heavy atom. The molecule has 0 radical (unpaired) electrons. The summed E-state index contributed by atoms with van der Waals surface area (Å²) in [6.45, 7) is 2.14. The summed E-state index contributed by atoms with van der Waals surface area (Å²) in [6.07, 6.45) is 0.591. The van der Waals surface area contributed by atoms with Crippen molar-refractivity contribution in [2.24, 2.45) is 0 Å². The molecule has 2 atom stereocenters. The van der Waals surface area contributed by atoms with Gasteiger partial charge in [0.05, 0.1) is 18.5 Å². The number of carbonyl (C=O) groups is 2. The SMILES string of the molecule is CC(NC(=O)NC(Cc1ccccc1)C(=O)NCCC#N)c1ccccc1. The van der Waals surface area contributed by atoms with Crippen LogP contribution in [-0.4, -0.2) is 24.5 Å². The fourth-order valence-corrected chi connectivity index (χ4v) is 2.65. The molecule has 0 aliphatic heterocycles. The molecule has 0 heterocycles. The Hall–Kier alpha value is -3.33. The molecule has 0 aliphatic rings. The molecule has 2 rings (SSSR count). The monoisotopic (exact) mass is 364 g/mol. The minimum absolute atomic E-state index is 0.190. The van der Waals surface area contributed by atoms with E-state index in [1.165, 1.54) is 0 Å². The normalized spacial score (nSPS) is 12.3. The summed E-state index contributed by atoms with van der Waals surface area (Å²) in [5, 5.41) is 16.9. The summed E-state index contributed by atoms with van der Waals surface area (Å²) in [7, 11) is 0. The Bertz CT molecular complexity index is 772. The van der Waals surface area contributed by atoms with Crippen molar-refractivity contribution in [2.75, 3.05) is 6.54 Å². The lowest BCUT2D eigenvalue weighted by molar-refractivity contribution is -0.122. The van der Waals surface area contributed by atoms with Crippen LogP contribution in [0.2, 0.25) is 0 Å². The molecule has 27 heavy (non-hydrogen) atoms. The molecule has 140 valence electrons. The number of nitriles is 1. The van der Waals surface area contributed by atoms with Gasteiger partial charge in [-0.15, -0.1) is 0 Å². The number of hydrogen-bond acceptors (Lipinski definition) is 3. The highest BCUT2D eigenvalue weighted by molar-refractivity contribution is 5.87. The molecule has 2 aromatic carbocycles. The Kier molecular flexibility index (Phi) is 7.86. The van der Waals surface area contributed by atoms with Gasteiger partial charge in [0.1, 0.15) is 6.04 Å². The van der Waals surface area contributed by atoms with Gasteiger partial charge in [0.2, 0.25) is 5.91 Å². The molecule has 0 saturated heterocycles. The van der Waals surface area contributed by atoms with Crippen LogP contribution >= 0.6 is 0 Å². The summed E-state index contributed by atoms with van der Waals surface area (Å²) in [4.78, 5) is 24.9. The third-order valence-corrected chi connectivity index (χ3v) is 4.09. The van der Waals surface area contributed by atoms with Crippen LogP contribution in [0, 0.1) is 11.3 Å². The fraction of sp³-hybridized carbons (Fsp3) is 0.286. The van der Waals surface area contributed by atoms with Gasteiger partial charge in [-0.05, 0) is 18.1 Å². The van der Waals surface area contributed by atoms with Gasteiger partial charge >= 0.3 is 6.03 Å². The summed E-state index contributed by atoms with van der Waals surface area (Å²) in [6, 6.07) is 19.7. The van der Waals surface area contributed by atoms with Crippen molar-refractivity contribution in [3.05, 3.63) is 71.8 Å². The molecule has 3 N–H and O–H groups in total. The van der Waals surface area contributed by atoms with Crippen molar-refractivity contribution in [3.63, 3.8) is 0 Å². The number of amides is 3. The average molecular weight is 364 g/mol. The van der Waals surface area contributed by atoms with Crippen molar-refractivity contribution in [1.82, 2.24) is 16.0 Å². The second-order valence-corrected chi connectivity index (χ2v) is 6.19. The lowest BCUT2D eigenvalue weighted by atomic mass is 10.1. The van der Waals surface area contributed by atoms with Gasteiger partial charge in [0, 0.05) is 13.0 Å². The molecular weight excluding hydrogens is 340 g/mol. The van der Waals surface area contributed by atoms with E-state index in [0.29, 0.717) is 6.42 Å². The average Bonchev–Trinajstić information content (AvgIpc) is 2.69. The van der Waals surface area contributed by atoms with Gasteiger partial charge in [-0.1, -0.05) is 60.7 Å². The summed E-state index contributed by atoms with van der Waals surface area (Å²) >= 11 is 0. The zero-order valence-corrected chi connectivity index (χ0v) is 15.3. The van der Waals surface area contributed by atoms with Crippen LogP contribution in [0.5, 0.6) is 0 Å². The Morgan fingerprint density at radius 2 is 1.63 bits per heavy atom. The number of benzene rings is 2. The maximum atomic E-state index is 12.5. The van der Waals surface area contributed by atoms with Crippen LogP contribution in [0.15, 0.2) is 60.7 Å². The summed E-state index contributed by atoms with van der Waals surface area (Å²) < 4.78 is 0. The number of nitrogens with zero attached hydrogens (tertiary/aromatic N) is 1. The highest BCUT2D eigenvalue weighted by Gasteiger charge is 2.21. The third-order valence-electron chi connectivity index (χ3n) is 4.09. The van der Waals surface area contributed by atoms with Crippen molar-refractivity contribution in [2.45, 2.75) is 31.8 Å². The Balaban J connectivity index is 2.00. The fourth-order valence-electron chi connectivity index (χ4n) is 2.65. The van der Waals surface area contributed by atoms with E-state index in [2.05, 4.69) is 16.0 Å². The quantitative estimate of drug-likeness (QED) is 0.629. The third kappa shape index (κ3) is 6.83. The molecule has 0 fully saturated rings. The topological polar surface area (TPSA) is 94.0 Å². The summed E-state index contributed by atoms with van der Waals surface area (Å²) in [5.41, 5.74) is 1.92. The zero-order chi connectivity index (χ0) is 19.5. The predicted octanol–water partition coefficient (Wildman–Crippen LogP) is 2.69. The number of hydrogen-bond donors (Lipinski definition) is 3. The smallest absolute Gasteiger partial charge is 0.315 e. The van der Waals surface area contributed by atoms with Crippen molar-refractivity contribution in [3.8, 4) is 6.07 Å². The first-order valence-electron chi connectivity index (χ1n) is 8.90. The second kappa shape index (κ2) is 10.6. The molecule has 2 aromatic rings. The highest BCUT2D eigenvalue weighted by atomic mass is 16.2. The van der Waals surface area contributed by atoms with Gasteiger partial charge in [-0.2, -0.15) is 5.26 Å². The Labute approximate surface area is 159 Å². The van der Waals surface area contributed by atoms with Crippen molar-refractivity contribution < 1.29 is 9.59 Å². The minimum atomic E-state index is -0.728. The molecule has 0 saturated carbocycles. The molecule has 3 amide bonds. The molecular formula is C21H24N4O2. The Morgan fingerprint density at radius 3 is 2.26 bits per heavy atom. The van der Waals surface area contributed by atoms with E-state index in [4.69, 9.17) is 5.26 Å². The second-order valence-electron chi connectivity index (χ2n) is 6.19. The molecule has 2 unspecified atom stereocenters. The minimum Gasteiger partial charge on any atom is -0.353 e. The number of urea groups is 1. The molecule has 0 spiro atoms. The van der Waals surface area contributed by atoms with Crippen LogP contribution in [0.25, 0.3) is 0 Å². The van der Waals surface area contributed by atoms with Gasteiger partial charge < -0.3 is 16.0 Å². The van der Waals surface area contributed by atoms with Crippen molar-refractivity contribution >= 4 is 11.9 Å². The van der Waals surface area contributed by atoms with E-state index in [1.807, 2.05) is 73.7 Å². The van der Waals surface area contributed by atoms with E-state index in [1.54, 1.807) is 0 Å². The lowest BCUT2D eigenvalue weighted by Gasteiger charge is -2.21. The number of nitrogens with one attached hydrogen (secondary N) is 3. The lowest BCUT2D eigenvalue weighted by Crippen LogP contribution is -2.51. The van der Waals surface area contributed by atoms with Crippen LogP contribution in [0.1, 0.15) is 30.5 Å². The van der Waals surface area contributed by atoms with E-state index in [9.17, 15) is 9.59 Å². The van der Waals surface area contributed by atoms with Crippen LogP contribution in [-0.2, 0) is 11.2 Å². The molecule has 0 aromatic heterocycles. The highest BCUT2D eigenvalue weighted by Crippen LogP contribution is 2.11. The van der Waals surface area contributed by atoms with E-state index in [0.717, 1.165) is 11.1 Å². The number of rotatable bonds is 8. The molecule has 6 nitrogen and oxygen atoms in total. The first kappa shape index (κ1) is 20.0. The van der Waals surface area contributed by atoms with Gasteiger partial charge in [0.15, 0.2) is 0 Å². The van der Waals surface area contributed by atoms with E-state index >= 15 is 0 Å². The van der Waals surface area contributed by atoms with Gasteiger partial charge in [0.25, 0.3) is 0 Å². The van der Waals surface area contributed by atoms with Crippen molar-refractivity contribution in [1.29, 1.82) is 5.26 Å². The van der Waals surface area contributed by atoms with Gasteiger partial charge in [-0.25, -0.2) is 4.79 Å². The van der Waals surface area contributed by atoms with Crippen LogP contribution < -0.4 is 16.0 Å². The largest absolute Gasteiger partial charge is 0.353 e. The number of carbonyl (C=O) groups excluding carboxylic acids is 2. The van der Waals surface area contributed by atoms with E-state index in [-0.39, 0.29) is 24.9 Å². The van der Waals surface area contributed by atoms with Gasteiger partial charge in [-0.3, -0.25) is 4.79 Å². The van der Waals surface area contributed by atoms with E-state index < -0.39 is 12.1 Å². The zero-order valence-electron chi connectivity index (χ0n) is 15.3. The maximum absolute atomic E-state index is 12.5. The molecule has 0 aliphatic carbocycles. The van der Waals surface area contributed by atoms with Crippen LogP contribution in [0.4, 0.5) is 4.79 Å². The van der Waals surface area contributed by atoms with Crippen LogP contribution in [0.3, 0.4) is 0 Å².